The molecular weight excluding hydrogens is 492 g/mol. The number of carbonyl (C=O) groups is 3. The number of piperazine rings is 1. The molecule has 3 aliphatic heterocycles. The summed E-state index contributed by atoms with van der Waals surface area (Å²) in [5.41, 5.74) is 1.91. The predicted molar refractivity (Wildman–Crippen MR) is 149 cm³/mol. The molecule has 0 unspecified atom stereocenters. The first kappa shape index (κ1) is 25.9. The molecule has 2 aromatic rings. The van der Waals surface area contributed by atoms with Gasteiger partial charge in [-0.05, 0) is 80.6 Å². The third kappa shape index (κ3) is 5.66. The van der Waals surface area contributed by atoms with Gasteiger partial charge in [0, 0.05) is 62.1 Å². The SMILES string of the molecule is O=C(c1ccc(C(=O)N2CCN(c3ccc(OC4CCN(C5CCCC5)CC4)cc3)C(=O)C2)cc1)N1CCC1. The van der Waals surface area contributed by atoms with Crippen LogP contribution in [-0.4, -0.2) is 90.4 Å². The van der Waals surface area contributed by atoms with E-state index in [0.717, 1.165) is 62.9 Å². The number of carbonyl (C=O) groups excluding carboxylic acids is 3. The van der Waals surface area contributed by atoms with Crippen LogP contribution in [0.2, 0.25) is 0 Å². The Bertz CT molecular complexity index is 1180. The zero-order valence-corrected chi connectivity index (χ0v) is 22.6. The molecule has 4 fully saturated rings. The number of hydrogen-bond donors (Lipinski definition) is 0. The number of hydrogen-bond acceptors (Lipinski definition) is 5. The van der Waals surface area contributed by atoms with Crippen LogP contribution in [0.1, 0.15) is 65.7 Å². The molecule has 2 aromatic carbocycles. The Morgan fingerprint density at radius 3 is 1.85 bits per heavy atom. The lowest BCUT2D eigenvalue weighted by molar-refractivity contribution is -0.120. The Kier molecular flexibility index (Phi) is 7.55. The minimum absolute atomic E-state index is 0.00478. The lowest BCUT2D eigenvalue weighted by Crippen LogP contribution is -2.52. The Labute approximate surface area is 230 Å². The summed E-state index contributed by atoms with van der Waals surface area (Å²) in [5, 5.41) is 0. The number of piperidine rings is 1. The number of ether oxygens (including phenoxy) is 1. The van der Waals surface area contributed by atoms with Crippen molar-refractivity contribution in [3.8, 4) is 5.75 Å². The van der Waals surface area contributed by atoms with E-state index < -0.39 is 0 Å². The summed E-state index contributed by atoms with van der Waals surface area (Å²) in [6, 6.07) is 15.3. The molecule has 3 saturated heterocycles. The van der Waals surface area contributed by atoms with Crippen molar-refractivity contribution < 1.29 is 19.1 Å². The van der Waals surface area contributed by atoms with Gasteiger partial charge in [0.05, 0.1) is 0 Å². The highest BCUT2D eigenvalue weighted by atomic mass is 16.5. The second-order valence-corrected chi connectivity index (χ2v) is 11.3. The fraction of sp³-hybridized carbons (Fsp3) is 0.516. The largest absolute Gasteiger partial charge is 0.490 e. The maximum atomic E-state index is 13.0. The molecule has 4 aliphatic rings. The first-order valence-corrected chi connectivity index (χ1v) is 14.5. The first-order chi connectivity index (χ1) is 19.0. The summed E-state index contributed by atoms with van der Waals surface area (Å²) >= 11 is 0. The summed E-state index contributed by atoms with van der Waals surface area (Å²) in [5.74, 6) is 0.557. The molecule has 0 bridgehead atoms. The number of nitrogens with zero attached hydrogens (tertiary/aromatic N) is 4. The van der Waals surface area contributed by atoms with Crippen molar-refractivity contribution in [3.63, 3.8) is 0 Å². The average Bonchev–Trinajstić information content (AvgIpc) is 3.48. The molecule has 206 valence electrons. The molecule has 3 heterocycles. The van der Waals surface area contributed by atoms with Gasteiger partial charge in [-0.2, -0.15) is 0 Å². The summed E-state index contributed by atoms with van der Waals surface area (Å²) in [4.78, 5) is 46.2. The molecule has 0 spiro atoms. The number of anilines is 1. The molecule has 1 aliphatic carbocycles. The van der Waals surface area contributed by atoms with E-state index in [-0.39, 0.29) is 30.4 Å². The van der Waals surface area contributed by atoms with Gasteiger partial charge in [-0.1, -0.05) is 12.8 Å². The van der Waals surface area contributed by atoms with E-state index in [9.17, 15) is 14.4 Å². The van der Waals surface area contributed by atoms with Crippen LogP contribution in [-0.2, 0) is 4.79 Å². The van der Waals surface area contributed by atoms with Gasteiger partial charge in [0.1, 0.15) is 18.4 Å². The van der Waals surface area contributed by atoms with Crippen LogP contribution in [0.4, 0.5) is 5.69 Å². The van der Waals surface area contributed by atoms with Crippen LogP contribution in [0.3, 0.4) is 0 Å². The first-order valence-electron chi connectivity index (χ1n) is 14.5. The van der Waals surface area contributed by atoms with Crippen molar-refractivity contribution >= 4 is 23.4 Å². The summed E-state index contributed by atoms with van der Waals surface area (Å²) in [6.07, 6.45) is 8.85. The summed E-state index contributed by atoms with van der Waals surface area (Å²) < 4.78 is 6.27. The zero-order chi connectivity index (χ0) is 26.8. The second-order valence-electron chi connectivity index (χ2n) is 11.3. The highest BCUT2D eigenvalue weighted by Crippen LogP contribution is 2.28. The van der Waals surface area contributed by atoms with E-state index in [1.54, 1.807) is 39.0 Å². The molecule has 0 atom stereocenters. The minimum Gasteiger partial charge on any atom is -0.490 e. The van der Waals surface area contributed by atoms with E-state index in [1.807, 2.05) is 24.3 Å². The Morgan fingerprint density at radius 1 is 0.667 bits per heavy atom. The van der Waals surface area contributed by atoms with E-state index in [1.165, 1.54) is 25.7 Å². The van der Waals surface area contributed by atoms with E-state index >= 15 is 0 Å². The van der Waals surface area contributed by atoms with Gasteiger partial charge >= 0.3 is 0 Å². The van der Waals surface area contributed by atoms with E-state index in [2.05, 4.69) is 4.90 Å². The van der Waals surface area contributed by atoms with Crippen molar-refractivity contribution in [2.75, 3.05) is 50.7 Å². The molecule has 1 saturated carbocycles. The number of likely N-dealkylation sites (tertiary alicyclic amines) is 2. The highest BCUT2D eigenvalue weighted by molar-refractivity contribution is 6.02. The van der Waals surface area contributed by atoms with Gasteiger partial charge in [0.15, 0.2) is 0 Å². The monoisotopic (exact) mass is 530 g/mol. The molecule has 3 amide bonds. The van der Waals surface area contributed by atoms with Crippen molar-refractivity contribution in [1.29, 1.82) is 0 Å². The molecule has 0 radical (unpaired) electrons. The molecule has 8 heteroatoms. The van der Waals surface area contributed by atoms with E-state index in [4.69, 9.17) is 4.74 Å². The summed E-state index contributed by atoms with van der Waals surface area (Å²) in [7, 11) is 0. The number of benzene rings is 2. The van der Waals surface area contributed by atoms with Gasteiger partial charge in [-0.3, -0.25) is 14.4 Å². The minimum atomic E-state index is -0.186. The molecule has 0 N–H and O–H groups in total. The Balaban J connectivity index is 0.992. The fourth-order valence-corrected chi connectivity index (χ4v) is 6.28. The standard InChI is InChI=1S/C31H38N4O4/c36-29-22-34(31(38)24-8-6-23(7-9-24)30(37)33-16-3-17-33)20-21-35(29)26-10-12-27(13-11-26)39-28-14-18-32(19-15-28)25-4-1-2-5-25/h6-13,25,28H,1-5,14-22H2. The quantitative estimate of drug-likeness (QED) is 0.568. The Hall–Kier alpha value is -3.39. The lowest BCUT2D eigenvalue weighted by atomic mass is 10.0. The van der Waals surface area contributed by atoms with Crippen molar-refractivity contribution in [1.82, 2.24) is 14.7 Å². The van der Waals surface area contributed by atoms with Crippen LogP contribution in [0.25, 0.3) is 0 Å². The molecule has 39 heavy (non-hydrogen) atoms. The number of rotatable bonds is 6. The molecule has 8 nitrogen and oxygen atoms in total. The van der Waals surface area contributed by atoms with Crippen LogP contribution in [0.15, 0.2) is 48.5 Å². The molecular formula is C31H38N4O4. The van der Waals surface area contributed by atoms with Crippen molar-refractivity contribution in [2.24, 2.45) is 0 Å². The van der Waals surface area contributed by atoms with Crippen molar-refractivity contribution in [2.45, 2.75) is 57.1 Å². The molecule has 0 aromatic heterocycles. The van der Waals surface area contributed by atoms with Crippen LogP contribution in [0, 0.1) is 0 Å². The van der Waals surface area contributed by atoms with Gasteiger partial charge in [0.25, 0.3) is 11.8 Å². The summed E-state index contributed by atoms with van der Waals surface area (Å²) in [6.45, 7) is 4.75. The van der Waals surface area contributed by atoms with Crippen LogP contribution in [0.5, 0.6) is 5.75 Å². The lowest BCUT2D eigenvalue weighted by Gasteiger charge is -2.36. The normalized spacial score (nSPS) is 21.2. The topological polar surface area (TPSA) is 73.4 Å². The second kappa shape index (κ2) is 11.4. The van der Waals surface area contributed by atoms with Gasteiger partial charge < -0.3 is 24.3 Å². The van der Waals surface area contributed by atoms with Crippen LogP contribution < -0.4 is 9.64 Å². The van der Waals surface area contributed by atoms with E-state index in [0.29, 0.717) is 24.2 Å². The van der Waals surface area contributed by atoms with Gasteiger partial charge in [-0.15, -0.1) is 0 Å². The average molecular weight is 531 g/mol. The highest BCUT2D eigenvalue weighted by Gasteiger charge is 2.30. The maximum absolute atomic E-state index is 13.0. The van der Waals surface area contributed by atoms with Crippen LogP contribution >= 0.6 is 0 Å². The van der Waals surface area contributed by atoms with Crippen molar-refractivity contribution in [3.05, 3.63) is 59.7 Å². The third-order valence-corrected chi connectivity index (χ3v) is 8.80. The van der Waals surface area contributed by atoms with Gasteiger partial charge in [0.2, 0.25) is 5.91 Å². The predicted octanol–water partition coefficient (Wildman–Crippen LogP) is 3.81. The number of amides is 3. The zero-order valence-electron chi connectivity index (χ0n) is 22.6. The van der Waals surface area contributed by atoms with Gasteiger partial charge in [-0.25, -0.2) is 0 Å². The third-order valence-electron chi connectivity index (χ3n) is 8.80. The Morgan fingerprint density at radius 2 is 1.28 bits per heavy atom. The molecule has 6 rings (SSSR count). The smallest absolute Gasteiger partial charge is 0.254 e. The fourth-order valence-electron chi connectivity index (χ4n) is 6.28. The maximum Gasteiger partial charge on any atom is 0.254 e.